The molecule has 0 spiro atoms. The van der Waals surface area contributed by atoms with Crippen molar-refractivity contribution in [1.82, 2.24) is 9.88 Å². The van der Waals surface area contributed by atoms with Crippen molar-refractivity contribution in [3.63, 3.8) is 0 Å². The summed E-state index contributed by atoms with van der Waals surface area (Å²) < 4.78 is 26.5. The topological polar surface area (TPSA) is 92.1 Å². The molecule has 0 bridgehead atoms. The summed E-state index contributed by atoms with van der Waals surface area (Å²) in [7, 11) is 3.56. The number of carboxylic acid groups (broad SMARTS) is 1. The fourth-order valence-corrected chi connectivity index (χ4v) is 4.68. The van der Waals surface area contributed by atoms with Crippen LogP contribution < -0.4 is 9.47 Å². The third-order valence-electron chi connectivity index (χ3n) is 7.63. The Labute approximate surface area is 229 Å². The Bertz CT molecular complexity index is 1350. The van der Waals surface area contributed by atoms with Crippen LogP contribution in [0.25, 0.3) is 11.1 Å². The van der Waals surface area contributed by atoms with Crippen molar-refractivity contribution >= 4 is 5.97 Å². The summed E-state index contributed by atoms with van der Waals surface area (Å²) in [5, 5.41) is 19.9. The molecule has 7 nitrogen and oxygen atoms in total. The van der Waals surface area contributed by atoms with Gasteiger partial charge in [0.05, 0.1) is 25.3 Å². The number of pyridine rings is 1. The Morgan fingerprint density at radius 2 is 1.97 bits per heavy atom. The predicted octanol–water partition coefficient (Wildman–Crippen LogP) is 5.95. The van der Waals surface area contributed by atoms with Gasteiger partial charge in [-0.15, -0.1) is 0 Å². The molecule has 0 amide bonds. The zero-order valence-electron chi connectivity index (χ0n) is 23.4. The smallest absolute Gasteiger partial charge is 0.309 e. The summed E-state index contributed by atoms with van der Waals surface area (Å²) in [4.78, 5) is 17.6. The van der Waals surface area contributed by atoms with Crippen LogP contribution in [-0.4, -0.2) is 45.8 Å². The number of methoxy groups -OCH3 is 1. The molecule has 3 aromatic rings. The molecular weight excluding hydrogens is 499 g/mol. The zero-order valence-corrected chi connectivity index (χ0v) is 23.4. The molecule has 0 radical (unpaired) electrons. The lowest BCUT2D eigenvalue weighted by Gasteiger charge is -2.34. The first-order valence-electron chi connectivity index (χ1n) is 13.1. The van der Waals surface area contributed by atoms with E-state index in [4.69, 9.17) is 9.47 Å². The Balaban J connectivity index is 1.71. The summed E-state index contributed by atoms with van der Waals surface area (Å²) in [5.41, 5.74) is 4.59. The number of fused-ring (bicyclic) bond motifs is 1. The number of carbonyl (C=O) groups is 1. The largest absolute Gasteiger partial charge is 0.485 e. The van der Waals surface area contributed by atoms with E-state index in [1.165, 1.54) is 20.2 Å². The second-order valence-corrected chi connectivity index (χ2v) is 11.2. The molecule has 0 saturated carbocycles. The summed E-state index contributed by atoms with van der Waals surface area (Å²) in [6.45, 7) is 8.53. The first kappa shape index (κ1) is 28.5. The van der Waals surface area contributed by atoms with Gasteiger partial charge < -0.3 is 19.7 Å². The van der Waals surface area contributed by atoms with E-state index in [1.807, 2.05) is 24.3 Å². The molecule has 1 aromatic heterocycles. The van der Waals surface area contributed by atoms with Crippen molar-refractivity contribution in [2.24, 2.45) is 5.92 Å². The average Bonchev–Trinajstić information content (AvgIpc) is 2.91. The number of hydrogen-bond acceptors (Lipinski definition) is 6. The summed E-state index contributed by atoms with van der Waals surface area (Å²) >= 11 is 0. The molecule has 2 heterocycles. The van der Waals surface area contributed by atoms with Crippen molar-refractivity contribution in [3.8, 4) is 22.8 Å². The van der Waals surface area contributed by atoms with E-state index >= 15 is 0 Å². The highest BCUT2D eigenvalue weighted by Gasteiger charge is 2.28. The number of benzene rings is 2. The predicted molar refractivity (Wildman–Crippen MR) is 147 cm³/mol. The molecule has 2 aromatic carbocycles. The third-order valence-corrected chi connectivity index (χ3v) is 7.63. The molecule has 0 aliphatic carbocycles. The van der Waals surface area contributed by atoms with Crippen LogP contribution in [0.2, 0.25) is 0 Å². The molecule has 2 N–H and O–H groups in total. The summed E-state index contributed by atoms with van der Waals surface area (Å²) in [6.07, 6.45) is 1.30. The number of ether oxygens (including phenoxy) is 2. The Morgan fingerprint density at radius 3 is 2.64 bits per heavy atom. The van der Waals surface area contributed by atoms with Gasteiger partial charge >= 0.3 is 5.97 Å². The molecule has 1 unspecified atom stereocenters. The van der Waals surface area contributed by atoms with Crippen LogP contribution in [-0.2, 0) is 17.8 Å². The van der Waals surface area contributed by atoms with E-state index in [1.54, 1.807) is 18.2 Å². The van der Waals surface area contributed by atoms with Crippen molar-refractivity contribution < 1.29 is 28.9 Å². The number of aliphatic hydroxyl groups is 1. The van der Waals surface area contributed by atoms with Crippen LogP contribution in [0.5, 0.6) is 11.6 Å². The lowest BCUT2D eigenvalue weighted by molar-refractivity contribution is -0.145. The van der Waals surface area contributed by atoms with Gasteiger partial charge in [-0.05, 0) is 87.5 Å². The van der Waals surface area contributed by atoms with Gasteiger partial charge in [0, 0.05) is 23.7 Å². The Hall–Kier alpha value is -3.49. The SMILES string of the molecule is COc1cc(-c2ccc(C3CCc4ccc([C@H](O)[C@H](C)C(=O)O)cc4O3)c(CN(C)C(C)(C)C)c2)c(F)cn1. The van der Waals surface area contributed by atoms with Gasteiger partial charge in [0.2, 0.25) is 5.88 Å². The molecule has 1 aliphatic rings. The normalized spacial score (nSPS) is 16.8. The van der Waals surface area contributed by atoms with Crippen molar-refractivity contribution in [2.75, 3.05) is 14.2 Å². The van der Waals surface area contributed by atoms with E-state index in [9.17, 15) is 19.4 Å². The van der Waals surface area contributed by atoms with Crippen LogP contribution in [0.15, 0.2) is 48.7 Å². The molecule has 8 heteroatoms. The van der Waals surface area contributed by atoms with Gasteiger partial charge in [-0.2, -0.15) is 0 Å². The second-order valence-electron chi connectivity index (χ2n) is 11.2. The van der Waals surface area contributed by atoms with E-state index in [2.05, 4.69) is 37.7 Å². The highest BCUT2D eigenvalue weighted by Crippen LogP contribution is 2.40. The van der Waals surface area contributed by atoms with Crippen molar-refractivity contribution in [1.29, 1.82) is 0 Å². The molecule has 208 valence electrons. The number of hydrogen-bond donors (Lipinski definition) is 2. The monoisotopic (exact) mass is 536 g/mol. The van der Waals surface area contributed by atoms with Gasteiger partial charge in [0.1, 0.15) is 17.7 Å². The minimum absolute atomic E-state index is 0.0929. The van der Waals surface area contributed by atoms with E-state index in [0.29, 0.717) is 29.3 Å². The molecule has 3 atom stereocenters. The van der Waals surface area contributed by atoms with Crippen LogP contribution in [0, 0.1) is 11.7 Å². The Kier molecular flexibility index (Phi) is 8.28. The minimum Gasteiger partial charge on any atom is -0.485 e. The fourth-order valence-electron chi connectivity index (χ4n) is 4.68. The number of aromatic nitrogens is 1. The van der Waals surface area contributed by atoms with Gasteiger partial charge in [-0.25, -0.2) is 9.37 Å². The van der Waals surface area contributed by atoms with Crippen molar-refractivity contribution in [3.05, 3.63) is 76.7 Å². The number of aliphatic carboxylic acids is 1. The summed E-state index contributed by atoms with van der Waals surface area (Å²) in [6, 6.07) is 12.9. The highest BCUT2D eigenvalue weighted by atomic mass is 19.1. The third kappa shape index (κ3) is 6.23. The van der Waals surface area contributed by atoms with Crippen LogP contribution in [0.4, 0.5) is 4.39 Å². The fraction of sp³-hybridized carbons (Fsp3) is 0.419. The number of nitrogens with zero attached hydrogens (tertiary/aromatic N) is 2. The van der Waals surface area contributed by atoms with Crippen molar-refractivity contribution in [2.45, 2.75) is 64.8 Å². The molecule has 4 rings (SSSR count). The van der Waals surface area contributed by atoms with Gasteiger partial charge in [0.15, 0.2) is 0 Å². The number of aryl methyl sites for hydroxylation is 1. The Morgan fingerprint density at radius 1 is 1.23 bits per heavy atom. The number of halogens is 1. The minimum atomic E-state index is -1.14. The maximum absolute atomic E-state index is 14.8. The molecule has 0 fully saturated rings. The second kappa shape index (κ2) is 11.3. The molecule has 1 aliphatic heterocycles. The summed E-state index contributed by atoms with van der Waals surface area (Å²) in [5.74, 6) is -1.45. The van der Waals surface area contributed by atoms with E-state index in [0.717, 1.165) is 35.1 Å². The maximum Gasteiger partial charge on any atom is 0.309 e. The number of aliphatic hydroxyl groups excluding tert-OH is 1. The maximum atomic E-state index is 14.8. The van der Waals surface area contributed by atoms with Gasteiger partial charge in [0.25, 0.3) is 0 Å². The first-order valence-corrected chi connectivity index (χ1v) is 13.1. The number of rotatable bonds is 8. The van der Waals surface area contributed by atoms with Gasteiger partial charge in [-0.3, -0.25) is 9.69 Å². The van der Waals surface area contributed by atoms with Gasteiger partial charge in [-0.1, -0.05) is 24.3 Å². The van der Waals surface area contributed by atoms with Crippen LogP contribution in [0.3, 0.4) is 0 Å². The molecular formula is C31H37FN2O5. The highest BCUT2D eigenvalue weighted by molar-refractivity contribution is 5.70. The van der Waals surface area contributed by atoms with Crippen LogP contribution in [0.1, 0.15) is 68.6 Å². The van der Waals surface area contributed by atoms with E-state index in [-0.39, 0.29) is 11.6 Å². The average molecular weight is 537 g/mol. The quantitative estimate of drug-likeness (QED) is 0.368. The van der Waals surface area contributed by atoms with Crippen LogP contribution >= 0.6 is 0 Å². The zero-order chi connectivity index (χ0) is 28.5. The van der Waals surface area contributed by atoms with E-state index < -0.39 is 23.8 Å². The first-order chi connectivity index (χ1) is 18.4. The molecule has 39 heavy (non-hydrogen) atoms. The lowest BCUT2D eigenvalue weighted by Crippen LogP contribution is -2.37. The molecule has 0 saturated heterocycles. The number of carboxylic acids is 1. The standard InChI is InChI=1S/C31H37FN2O5/c1-18(30(36)37)29(35)21-8-7-19-10-12-26(39-27(19)14-21)23-11-9-20(13-22(23)17-34(5)31(2,3)4)24-15-28(38-6)33-16-25(24)32/h7-9,11,13-16,18,26,29,35H,10,12,17H2,1-6H3,(H,36,37)/t18-,26?,29+/m0/s1. The lowest BCUT2D eigenvalue weighted by atomic mass is 9.90.